The molecule has 4 fully saturated rings. The number of imide groups is 1. The first-order valence-electron chi connectivity index (χ1n) is 11.9. The zero-order valence-corrected chi connectivity index (χ0v) is 20.3. The Labute approximate surface area is 208 Å². The molecule has 6 rings (SSSR count). The topological polar surface area (TPSA) is 77.5 Å². The van der Waals surface area contributed by atoms with Crippen molar-refractivity contribution in [1.29, 1.82) is 0 Å². The number of fused-ring (bicyclic) bond motifs is 1. The highest BCUT2D eigenvalue weighted by Crippen LogP contribution is 2.44. The SMILES string of the molecule is CC1(C)OC2OC([C@@H]3CC(=O)N(c4ccc(Cl)cc4)C(=O)N3C3CC3)[C@H](Oc3ccccc3)C2O1. The summed E-state index contributed by atoms with van der Waals surface area (Å²) in [4.78, 5) is 30.1. The molecule has 0 bridgehead atoms. The molecule has 0 aromatic heterocycles. The second-order valence-corrected chi connectivity index (χ2v) is 10.3. The molecule has 3 saturated heterocycles. The number of urea groups is 1. The number of carbonyl (C=O) groups is 2. The molecule has 1 saturated carbocycles. The summed E-state index contributed by atoms with van der Waals surface area (Å²) in [6, 6.07) is 15.3. The normalized spacial score (nSPS) is 32.1. The number of nitrogens with zero attached hydrogens (tertiary/aromatic N) is 2. The van der Waals surface area contributed by atoms with Gasteiger partial charge in [0.1, 0.15) is 11.9 Å². The largest absolute Gasteiger partial charge is 0.485 e. The van der Waals surface area contributed by atoms with Gasteiger partial charge in [-0.1, -0.05) is 29.8 Å². The summed E-state index contributed by atoms with van der Waals surface area (Å²) in [5, 5.41) is 0.539. The van der Waals surface area contributed by atoms with Gasteiger partial charge in [-0.15, -0.1) is 0 Å². The number of hydrogen-bond donors (Lipinski definition) is 0. The highest BCUT2D eigenvalue weighted by Gasteiger charge is 2.61. The highest BCUT2D eigenvalue weighted by atomic mass is 35.5. The van der Waals surface area contributed by atoms with Crippen LogP contribution in [-0.2, 0) is 19.0 Å². The summed E-state index contributed by atoms with van der Waals surface area (Å²) < 4.78 is 24.9. The van der Waals surface area contributed by atoms with E-state index < -0.39 is 36.4 Å². The number of benzene rings is 2. The van der Waals surface area contributed by atoms with E-state index in [1.807, 2.05) is 44.2 Å². The molecule has 4 aliphatic rings. The Bertz CT molecular complexity index is 1120. The summed E-state index contributed by atoms with van der Waals surface area (Å²) in [5.74, 6) is -0.451. The van der Waals surface area contributed by atoms with Crippen LogP contribution in [0.2, 0.25) is 5.02 Å². The van der Waals surface area contributed by atoms with Crippen LogP contribution in [0.4, 0.5) is 10.5 Å². The van der Waals surface area contributed by atoms with Crippen LogP contribution in [0.15, 0.2) is 54.6 Å². The number of hydrogen-bond acceptors (Lipinski definition) is 6. The Hall–Kier alpha value is -2.65. The number of para-hydroxylation sites is 1. The maximum absolute atomic E-state index is 13.7. The standard InChI is InChI=1S/C26H27ClN2O6/c1-26(2)34-23-22(32-18-6-4-3-5-7-18)21(33-24(23)35-26)19-14-20(30)29(17-10-8-15(27)9-11-17)25(31)28(19)16-12-13-16/h3-11,16,19,21-24H,12-14H2,1-2H3/t19-,21?,22-,23?,24?/m0/s1. The third kappa shape index (κ3) is 4.18. The lowest BCUT2D eigenvalue weighted by Crippen LogP contribution is -2.63. The molecule has 5 atom stereocenters. The van der Waals surface area contributed by atoms with E-state index in [9.17, 15) is 9.59 Å². The first-order valence-corrected chi connectivity index (χ1v) is 12.3. The Morgan fingerprint density at radius 2 is 1.69 bits per heavy atom. The number of anilines is 1. The Balaban J connectivity index is 1.32. The van der Waals surface area contributed by atoms with Gasteiger partial charge in [0.05, 0.1) is 18.2 Å². The molecule has 3 heterocycles. The predicted octanol–water partition coefficient (Wildman–Crippen LogP) is 4.35. The third-order valence-corrected chi connectivity index (χ3v) is 7.10. The maximum Gasteiger partial charge on any atom is 0.331 e. The van der Waals surface area contributed by atoms with Crippen LogP contribution in [0.3, 0.4) is 0 Å². The third-order valence-electron chi connectivity index (χ3n) is 6.85. The van der Waals surface area contributed by atoms with Crippen LogP contribution in [0, 0.1) is 0 Å². The van der Waals surface area contributed by atoms with Gasteiger partial charge < -0.3 is 23.8 Å². The average molecular weight is 499 g/mol. The Kier molecular flexibility index (Phi) is 5.52. The van der Waals surface area contributed by atoms with E-state index in [0.717, 1.165) is 12.8 Å². The van der Waals surface area contributed by atoms with Crippen LogP contribution in [0.25, 0.3) is 0 Å². The second kappa shape index (κ2) is 8.48. The molecular weight excluding hydrogens is 472 g/mol. The van der Waals surface area contributed by atoms with Crippen LogP contribution >= 0.6 is 11.6 Å². The fraction of sp³-hybridized carbons (Fsp3) is 0.462. The molecule has 3 unspecified atom stereocenters. The smallest absolute Gasteiger partial charge is 0.331 e. The predicted molar refractivity (Wildman–Crippen MR) is 127 cm³/mol. The molecule has 1 aliphatic carbocycles. The fourth-order valence-corrected chi connectivity index (χ4v) is 5.36. The second-order valence-electron chi connectivity index (χ2n) is 9.86. The van der Waals surface area contributed by atoms with Crippen molar-refractivity contribution in [3.8, 4) is 5.75 Å². The lowest BCUT2D eigenvalue weighted by molar-refractivity contribution is -0.219. The number of halogens is 1. The van der Waals surface area contributed by atoms with Crippen LogP contribution in [0.5, 0.6) is 5.75 Å². The van der Waals surface area contributed by atoms with Gasteiger partial charge in [-0.3, -0.25) is 4.79 Å². The minimum Gasteiger partial charge on any atom is -0.485 e. The lowest BCUT2D eigenvalue weighted by Gasteiger charge is -2.44. The van der Waals surface area contributed by atoms with E-state index in [1.165, 1.54) is 4.90 Å². The summed E-state index contributed by atoms with van der Waals surface area (Å²) >= 11 is 6.02. The molecule has 0 N–H and O–H groups in total. The van der Waals surface area contributed by atoms with E-state index in [1.54, 1.807) is 29.2 Å². The number of ether oxygens (including phenoxy) is 4. The molecule has 3 amide bonds. The van der Waals surface area contributed by atoms with E-state index >= 15 is 0 Å². The number of amides is 3. The molecule has 184 valence electrons. The van der Waals surface area contributed by atoms with Crippen molar-refractivity contribution in [2.45, 2.75) is 75.6 Å². The van der Waals surface area contributed by atoms with Gasteiger partial charge in [-0.05, 0) is 63.1 Å². The van der Waals surface area contributed by atoms with E-state index in [-0.39, 0.29) is 24.4 Å². The molecule has 35 heavy (non-hydrogen) atoms. The van der Waals surface area contributed by atoms with Crippen molar-refractivity contribution in [2.75, 3.05) is 4.90 Å². The zero-order valence-electron chi connectivity index (χ0n) is 19.5. The van der Waals surface area contributed by atoms with Crippen LogP contribution in [-0.4, -0.2) is 59.3 Å². The minimum atomic E-state index is -0.821. The number of rotatable bonds is 5. The molecule has 0 spiro atoms. The van der Waals surface area contributed by atoms with Gasteiger partial charge in [0.2, 0.25) is 5.91 Å². The summed E-state index contributed by atoms with van der Waals surface area (Å²) in [6.07, 6.45) is -0.420. The first-order chi connectivity index (χ1) is 16.8. The highest BCUT2D eigenvalue weighted by molar-refractivity contribution is 6.30. The van der Waals surface area contributed by atoms with E-state index in [0.29, 0.717) is 16.5 Å². The van der Waals surface area contributed by atoms with Crippen LogP contribution in [0.1, 0.15) is 33.1 Å². The molecule has 9 heteroatoms. The van der Waals surface area contributed by atoms with Gasteiger partial charge in [-0.2, -0.15) is 0 Å². The summed E-state index contributed by atoms with van der Waals surface area (Å²) in [6.45, 7) is 3.66. The minimum absolute atomic E-state index is 0.0510. The van der Waals surface area contributed by atoms with Gasteiger partial charge in [-0.25, -0.2) is 9.69 Å². The van der Waals surface area contributed by atoms with Gasteiger partial charge in [0.25, 0.3) is 0 Å². The van der Waals surface area contributed by atoms with Crippen molar-refractivity contribution in [2.24, 2.45) is 0 Å². The lowest BCUT2D eigenvalue weighted by atomic mass is 9.96. The van der Waals surface area contributed by atoms with Crippen molar-refractivity contribution >= 4 is 29.2 Å². The summed E-state index contributed by atoms with van der Waals surface area (Å²) in [5.41, 5.74) is 0.503. The molecule has 3 aliphatic heterocycles. The van der Waals surface area contributed by atoms with Crippen molar-refractivity contribution in [1.82, 2.24) is 4.90 Å². The summed E-state index contributed by atoms with van der Waals surface area (Å²) in [7, 11) is 0. The molecule has 2 aromatic carbocycles. The Morgan fingerprint density at radius 1 is 0.971 bits per heavy atom. The van der Waals surface area contributed by atoms with Gasteiger partial charge in [0, 0.05) is 11.1 Å². The first kappa shape index (κ1) is 22.8. The van der Waals surface area contributed by atoms with Crippen molar-refractivity contribution in [3.63, 3.8) is 0 Å². The molecule has 2 aromatic rings. The van der Waals surface area contributed by atoms with E-state index in [4.69, 9.17) is 30.5 Å². The molecule has 0 radical (unpaired) electrons. The van der Waals surface area contributed by atoms with E-state index in [2.05, 4.69) is 0 Å². The molecule has 8 nitrogen and oxygen atoms in total. The quantitative estimate of drug-likeness (QED) is 0.610. The van der Waals surface area contributed by atoms with Crippen molar-refractivity contribution < 1.29 is 28.5 Å². The van der Waals surface area contributed by atoms with Crippen LogP contribution < -0.4 is 9.64 Å². The average Bonchev–Trinajstić information content (AvgIpc) is 3.54. The Morgan fingerprint density at radius 3 is 2.37 bits per heavy atom. The van der Waals surface area contributed by atoms with Gasteiger partial charge in [0.15, 0.2) is 24.3 Å². The maximum atomic E-state index is 13.7. The number of carbonyl (C=O) groups excluding carboxylic acids is 2. The molecular formula is C26H27ClN2O6. The van der Waals surface area contributed by atoms with Crippen molar-refractivity contribution in [3.05, 3.63) is 59.6 Å². The zero-order chi connectivity index (χ0) is 24.3. The van der Waals surface area contributed by atoms with Gasteiger partial charge >= 0.3 is 6.03 Å². The fourth-order valence-electron chi connectivity index (χ4n) is 5.24. The monoisotopic (exact) mass is 498 g/mol.